The first-order valence-electron chi connectivity index (χ1n) is 6.33. The van der Waals surface area contributed by atoms with Crippen LogP contribution in [0.5, 0.6) is 0 Å². The summed E-state index contributed by atoms with van der Waals surface area (Å²) in [5, 5.41) is 0. The molecule has 3 aliphatic rings. The molecule has 0 aromatic carbocycles. The van der Waals surface area contributed by atoms with Crippen molar-refractivity contribution in [3.8, 4) is 0 Å². The smallest absolute Gasteiger partial charge is 0.311 e. The van der Waals surface area contributed by atoms with Gasteiger partial charge in [-0.25, -0.2) is 0 Å². The highest BCUT2D eigenvalue weighted by atomic mass is 16.7. The van der Waals surface area contributed by atoms with Crippen molar-refractivity contribution >= 4 is 5.97 Å². The number of fused-ring (bicyclic) bond motifs is 2. The first kappa shape index (κ1) is 10.3. The summed E-state index contributed by atoms with van der Waals surface area (Å²) in [5.41, 5.74) is 0. The third-order valence-electron chi connectivity index (χ3n) is 3.97. The third-order valence-corrected chi connectivity index (χ3v) is 3.97. The fourth-order valence-electron chi connectivity index (χ4n) is 3.07. The van der Waals surface area contributed by atoms with Crippen molar-refractivity contribution in [2.45, 2.75) is 38.4 Å². The Kier molecular flexibility index (Phi) is 2.72. The van der Waals surface area contributed by atoms with Gasteiger partial charge in [0.2, 0.25) is 6.29 Å². The highest BCUT2D eigenvalue weighted by Crippen LogP contribution is 2.44. The third kappa shape index (κ3) is 1.88. The lowest BCUT2D eigenvalue weighted by molar-refractivity contribution is -0.191. The summed E-state index contributed by atoms with van der Waals surface area (Å²) in [6, 6.07) is 0. The molecule has 0 spiro atoms. The number of rotatable bonds is 2. The molecule has 2 fully saturated rings. The van der Waals surface area contributed by atoms with Gasteiger partial charge >= 0.3 is 5.97 Å². The summed E-state index contributed by atoms with van der Waals surface area (Å²) in [7, 11) is 0. The minimum absolute atomic E-state index is 0.0382. The van der Waals surface area contributed by atoms with Gasteiger partial charge in [-0.15, -0.1) is 0 Å². The maximum Gasteiger partial charge on any atom is 0.311 e. The number of hydrogen-bond donors (Lipinski definition) is 0. The normalized spacial score (nSPS) is 41.2. The molecule has 0 aromatic rings. The lowest BCUT2D eigenvalue weighted by Crippen LogP contribution is -2.30. The fraction of sp³-hybridized carbons (Fsp3) is 0.769. The van der Waals surface area contributed by atoms with Crippen molar-refractivity contribution < 1.29 is 14.3 Å². The van der Waals surface area contributed by atoms with Gasteiger partial charge in [0, 0.05) is 6.42 Å². The predicted molar refractivity (Wildman–Crippen MR) is 58.5 cm³/mol. The summed E-state index contributed by atoms with van der Waals surface area (Å²) in [4.78, 5) is 12.0. The van der Waals surface area contributed by atoms with Crippen LogP contribution in [-0.2, 0) is 14.3 Å². The van der Waals surface area contributed by atoms with E-state index in [1.165, 1.54) is 0 Å². The molecule has 0 amide bonds. The highest BCUT2D eigenvalue weighted by molar-refractivity contribution is 5.74. The second-order valence-electron chi connectivity index (χ2n) is 5.12. The van der Waals surface area contributed by atoms with Gasteiger partial charge in [-0.1, -0.05) is 12.2 Å². The minimum atomic E-state index is -0.274. The van der Waals surface area contributed by atoms with Crippen LogP contribution in [0.4, 0.5) is 0 Å². The molecule has 16 heavy (non-hydrogen) atoms. The van der Waals surface area contributed by atoms with Gasteiger partial charge in [-0.3, -0.25) is 4.79 Å². The number of allylic oxidation sites excluding steroid dienone is 2. The molecule has 3 heteroatoms. The van der Waals surface area contributed by atoms with E-state index in [2.05, 4.69) is 12.2 Å². The summed E-state index contributed by atoms with van der Waals surface area (Å²) < 4.78 is 10.9. The lowest BCUT2D eigenvalue weighted by Gasteiger charge is -2.25. The molecular formula is C13H18O3. The van der Waals surface area contributed by atoms with E-state index in [0.29, 0.717) is 11.8 Å². The largest absolute Gasteiger partial charge is 0.436 e. The number of esters is 1. The Balaban J connectivity index is 1.55. The minimum Gasteiger partial charge on any atom is -0.436 e. The number of carbonyl (C=O) groups is 1. The molecule has 1 saturated carbocycles. The molecule has 2 aliphatic carbocycles. The Morgan fingerprint density at radius 2 is 2.19 bits per heavy atom. The first-order chi connectivity index (χ1) is 7.83. The monoisotopic (exact) mass is 222 g/mol. The molecule has 2 bridgehead atoms. The van der Waals surface area contributed by atoms with Gasteiger partial charge in [0.1, 0.15) is 0 Å². The molecular weight excluding hydrogens is 204 g/mol. The zero-order valence-corrected chi connectivity index (χ0v) is 9.43. The molecule has 3 unspecified atom stereocenters. The standard InChI is InChI=1S/C13H18O3/c14-13(16-12-3-1-2-6-15-12)11-8-9-4-5-10(11)7-9/h4-5,9-12H,1-3,6-8H2/t9-,10?,11?,12?/m1/s1. The topological polar surface area (TPSA) is 35.5 Å². The molecule has 88 valence electrons. The Morgan fingerprint density at radius 3 is 2.81 bits per heavy atom. The second-order valence-corrected chi connectivity index (χ2v) is 5.12. The van der Waals surface area contributed by atoms with E-state index >= 15 is 0 Å². The number of carbonyl (C=O) groups excluding carboxylic acids is 1. The molecule has 1 saturated heterocycles. The zero-order valence-electron chi connectivity index (χ0n) is 9.43. The Morgan fingerprint density at radius 1 is 1.25 bits per heavy atom. The maximum absolute atomic E-state index is 12.0. The van der Waals surface area contributed by atoms with E-state index < -0.39 is 0 Å². The summed E-state index contributed by atoms with van der Waals surface area (Å²) >= 11 is 0. The first-order valence-corrected chi connectivity index (χ1v) is 6.33. The van der Waals surface area contributed by atoms with Crippen molar-refractivity contribution in [1.29, 1.82) is 0 Å². The Bertz CT molecular complexity index is 304. The molecule has 4 atom stereocenters. The van der Waals surface area contributed by atoms with E-state index in [1.807, 2.05) is 0 Å². The molecule has 0 radical (unpaired) electrons. The van der Waals surface area contributed by atoms with E-state index in [1.54, 1.807) is 0 Å². The summed E-state index contributed by atoms with van der Waals surface area (Å²) in [6.45, 7) is 0.731. The van der Waals surface area contributed by atoms with Gasteiger partial charge in [0.25, 0.3) is 0 Å². The average Bonchev–Trinajstić information content (AvgIpc) is 2.92. The van der Waals surface area contributed by atoms with Gasteiger partial charge in [-0.05, 0) is 37.5 Å². The SMILES string of the molecule is O=C(OC1CCCCO1)C1C[C@@H]2C=CC1C2. The van der Waals surface area contributed by atoms with Crippen LogP contribution in [0.15, 0.2) is 12.2 Å². The van der Waals surface area contributed by atoms with Crippen LogP contribution >= 0.6 is 0 Å². The Hall–Kier alpha value is -0.830. The van der Waals surface area contributed by atoms with E-state index in [0.717, 1.165) is 38.7 Å². The molecule has 3 nitrogen and oxygen atoms in total. The maximum atomic E-state index is 12.0. The van der Waals surface area contributed by atoms with E-state index in [-0.39, 0.29) is 18.2 Å². The number of ether oxygens (including phenoxy) is 2. The van der Waals surface area contributed by atoms with Crippen molar-refractivity contribution in [1.82, 2.24) is 0 Å². The van der Waals surface area contributed by atoms with Crippen LogP contribution < -0.4 is 0 Å². The quantitative estimate of drug-likeness (QED) is 0.531. The summed E-state index contributed by atoms with van der Waals surface area (Å²) in [5.74, 6) is 1.11. The zero-order chi connectivity index (χ0) is 11.0. The van der Waals surface area contributed by atoms with Crippen LogP contribution in [0.1, 0.15) is 32.1 Å². The predicted octanol–water partition coefficient (Wildman–Crippen LogP) is 2.27. The van der Waals surface area contributed by atoms with Crippen molar-refractivity contribution in [2.24, 2.45) is 17.8 Å². The molecule has 3 rings (SSSR count). The highest BCUT2D eigenvalue weighted by Gasteiger charge is 2.41. The van der Waals surface area contributed by atoms with Crippen molar-refractivity contribution in [3.63, 3.8) is 0 Å². The molecule has 0 N–H and O–H groups in total. The Labute approximate surface area is 95.8 Å². The van der Waals surface area contributed by atoms with Crippen LogP contribution in [0.25, 0.3) is 0 Å². The van der Waals surface area contributed by atoms with E-state index in [9.17, 15) is 4.79 Å². The summed E-state index contributed by atoms with van der Waals surface area (Å²) in [6.07, 6.45) is 9.33. The van der Waals surface area contributed by atoms with Crippen molar-refractivity contribution in [2.75, 3.05) is 6.61 Å². The van der Waals surface area contributed by atoms with Crippen molar-refractivity contribution in [3.05, 3.63) is 12.2 Å². The molecule has 0 aromatic heterocycles. The van der Waals surface area contributed by atoms with Crippen LogP contribution in [0, 0.1) is 17.8 Å². The van der Waals surface area contributed by atoms with Crippen LogP contribution in [-0.4, -0.2) is 18.9 Å². The van der Waals surface area contributed by atoms with E-state index in [4.69, 9.17) is 9.47 Å². The van der Waals surface area contributed by atoms with Crippen LogP contribution in [0.3, 0.4) is 0 Å². The van der Waals surface area contributed by atoms with Gasteiger partial charge in [0.15, 0.2) is 0 Å². The fourth-order valence-corrected chi connectivity index (χ4v) is 3.07. The lowest BCUT2D eigenvalue weighted by atomic mass is 9.94. The molecule has 1 aliphatic heterocycles. The van der Waals surface area contributed by atoms with Gasteiger partial charge in [-0.2, -0.15) is 0 Å². The van der Waals surface area contributed by atoms with Gasteiger partial charge in [0.05, 0.1) is 12.5 Å². The second kappa shape index (κ2) is 4.21. The average molecular weight is 222 g/mol. The van der Waals surface area contributed by atoms with Crippen LogP contribution in [0.2, 0.25) is 0 Å². The number of hydrogen-bond acceptors (Lipinski definition) is 3. The van der Waals surface area contributed by atoms with Gasteiger partial charge < -0.3 is 9.47 Å². The molecule has 1 heterocycles.